The number of hydrogen-bond donors (Lipinski definition) is 0. The quantitative estimate of drug-likeness (QED) is 0.475. The predicted molar refractivity (Wildman–Crippen MR) is 71.9 cm³/mol. The average Bonchev–Trinajstić information content (AvgIpc) is 2.30. The summed E-state index contributed by atoms with van der Waals surface area (Å²) in [6, 6.07) is 5.44. The highest BCUT2D eigenvalue weighted by molar-refractivity contribution is 14.1. The summed E-state index contributed by atoms with van der Waals surface area (Å²) in [6.45, 7) is 1.86. The van der Waals surface area contributed by atoms with E-state index in [2.05, 4.69) is 27.5 Å². The summed E-state index contributed by atoms with van der Waals surface area (Å²) in [5.74, 6) is 0. The Labute approximate surface area is 108 Å². The first-order chi connectivity index (χ1) is 7.68. The Morgan fingerprint density at radius 3 is 2.56 bits per heavy atom. The lowest BCUT2D eigenvalue weighted by Gasteiger charge is -2.28. The number of nitro benzene ring substituents is 1. The molecule has 0 bridgehead atoms. The van der Waals surface area contributed by atoms with Crippen molar-refractivity contribution in [1.82, 2.24) is 0 Å². The SMILES string of the molecule is O=[N+]([O-])c1cc(I)ccc1N1CCCCC1. The van der Waals surface area contributed by atoms with Crippen LogP contribution >= 0.6 is 22.6 Å². The summed E-state index contributed by atoms with van der Waals surface area (Å²) in [5.41, 5.74) is 0.999. The molecule has 0 aliphatic carbocycles. The molecule has 0 aromatic heterocycles. The van der Waals surface area contributed by atoms with Crippen LogP contribution in [-0.2, 0) is 0 Å². The van der Waals surface area contributed by atoms with Gasteiger partial charge in [-0.15, -0.1) is 0 Å². The number of benzene rings is 1. The lowest BCUT2D eigenvalue weighted by molar-refractivity contribution is -0.384. The van der Waals surface area contributed by atoms with Crippen molar-refractivity contribution in [2.24, 2.45) is 0 Å². The van der Waals surface area contributed by atoms with Crippen LogP contribution in [0.25, 0.3) is 0 Å². The summed E-state index contributed by atoms with van der Waals surface area (Å²) < 4.78 is 0.907. The molecule has 0 saturated carbocycles. The number of nitrogens with zero attached hydrogens (tertiary/aromatic N) is 2. The minimum Gasteiger partial charge on any atom is -0.366 e. The predicted octanol–water partition coefficient (Wildman–Crippen LogP) is 3.19. The van der Waals surface area contributed by atoms with Crippen molar-refractivity contribution in [3.8, 4) is 0 Å². The normalized spacial score (nSPS) is 16.2. The first-order valence-electron chi connectivity index (χ1n) is 5.37. The Morgan fingerprint density at radius 2 is 1.94 bits per heavy atom. The van der Waals surface area contributed by atoms with Gasteiger partial charge in [-0.25, -0.2) is 0 Å². The zero-order valence-corrected chi connectivity index (χ0v) is 11.0. The van der Waals surface area contributed by atoms with Crippen LogP contribution in [0.4, 0.5) is 11.4 Å². The molecule has 1 aromatic rings. The first-order valence-corrected chi connectivity index (χ1v) is 6.45. The molecule has 0 N–H and O–H groups in total. The fraction of sp³-hybridized carbons (Fsp3) is 0.455. The number of hydrogen-bond acceptors (Lipinski definition) is 3. The highest BCUT2D eigenvalue weighted by Crippen LogP contribution is 2.31. The maximum absolute atomic E-state index is 11.0. The highest BCUT2D eigenvalue weighted by atomic mass is 127. The molecule has 1 heterocycles. The molecular weight excluding hydrogens is 319 g/mol. The largest absolute Gasteiger partial charge is 0.366 e. The maximum Gasteiger partial charge on any atom is 0.293 e. The summed E-state index contributed by atoms with van der Waals surface area (Å²) in [6.07, 6.45) is 3.49. The molecule has 0 radical (unpaired) electrons. The summed E-state index contributed by atoms with van der Waals surface area (Å²) in [5, 5.41) is 11.0. The van der Waals surface area contributed by atoms with Crippen LogP contribution in [0, 0.1) is 13.7 Å². The van der Waals surface area contributed by atoms with Gasteiger partial charge in [-0.1, -0.05) is 0 Å². The molecule has 5 heteroatoms. The molecule has 1 aliphatic rings. The summed E-state index contributed by atoms with van der Waals surface area (Å²) in [4.78, 5) is 12.8. The minimum atomic E-state index is -0.286. The van der Waals surface area contributed by atoms with Gasteiger partial charge in [-0.3, -0.25) is 10.1 Å². The Balaban J connectivity index is 2.34. The second-order valence-electron chi connectivity index (χ2n) is 3.94. The molecular formula is C11H13IN2O2. The lowest BCUT2D eigenvalue weighted by atomic mass is 10.1. The van der Waals surface area contributed by atoms with E-state index in [1.54, 1.807) is 6.07 Å². The van der Waals surface area contributed by atoms with Gasteiger partial charge in [-0.05, 0) is 54.0 Å². The van der Waals surface area contributed by atoms with Gasteiger partial charge in [0.05, 0.1) is 4.92 Å². The fourth-order valence-corrected chi connectivity index (χ4v) is 2.52. The van der Waals surface area contributed by atoms with E-state index in [4.69, 9.17) is 0 Å². The van der Waals surface area contributed by atoms with E-state index in [-0.39, 0.29) is 10.6 Å². The van der Waals surface area contributed by atoms with Crippen molar-refractivity contribution in [2.75, 3.05) is 18.0 Å². The Morgan fingerprint density at radius 1 is 1.25 bits per heavy atom. The molecule has 4 nitrogen and oxygen atoms in total. The number of nitro groups is 1. The zero-order valence-electron chi connectivity index (χ0n) is 8.86. The Bertz CT molecular complexity index is 403. The maximum atomic E-state index is 11.0. The highest BCUT2D eigenvalue weighted by Gasteiger charge is 2.20. The lowest BCUT2D eigenvalue weighted by Crippen LogP contribution is -2.29. The standard InChI is InChI=1S/C11H13IN2O2/c12-9-4-5-10(11(8-9)14(15)16)13-6-2-1-3-7-13/h4-5,8H,1-3,6-7H2. The number of piperidine rings is 1. The van der Waals surface area contributed by atoms with Crippen LogP contribution in [0.15, 0.2) is 18.2 Å². The number of rotatable bonds is 2. The van der Waals surface area contributed by atoms with E-state index in [1.165, 1.54) is 6.42 Å². The van der Waals surface area contributed by atoms with E-state index in [0.29, 0.717) is 0 Å². The van der Waals surface area contributed by atoms with Crippen LogP contribution in [0.5, 0.6) is 0 Å². The third-order valence-corrected chi connectivity index (χ3v) is 3.50. The average molecular weight is 332 g/mol. The van der Waals surface area contributed by atoms with Gasteiger partial charge in [0, 0.05) is 22.7 Å². The van der Waals surface area contributed by atoms with Gasteiger partial charge in [0.25, 0.3) is 5.69 Å². The minimum absolute atomic E-state index is 0.230. The monoisotopic (exact) mass is 332 g/mol. The summed E-state index contributed by atoms with van der Waals surface area (Å²) in [7, 11) is 0. The molecule has 1 saturated heterocycles. The smallest absolute Gasteiger partial charge is 0.293 e. The van der Waals surface area contributed by atoms with Crippen molar-refractivity contribution in [2.45, 2.75) is 19.3 Å². The van der Waals surface area contributed by atoms with Gasteiger partial charge >= 0.3 is 0 Å². The van der Waals surface area contributed by atoms with E-state index < -0.39 is 0 Å². The van der Waals surface area contributed by atoms with Crippen molar-refractivity contribution >= 4 is 34.0 Å². The van der Waals surface area contributed by atoms with Crippen LogP contribution in [0.3, 0.4) is 0 Å². The van der Waals surface area contributed by atoms with E-state index in [9.17, 15) is 10.1 Å². The van der Waals surface area contributed by atoms with Gasteiger partial charge in [0.1, 0.15) is 5.69 Å². The van der Waals surface area contributed by atoms with Crippen molar-refractivity contribution < 1.29 is 4.92 Å². The molecule has 0 atom stereocenters. The molecule has 0 spiro atoms. The van der Waals surface area contributed by atoms with E-state index >= 15 is 0 Å². The first kappa shape index (κ1) is 11.6. The second-order valence-corrected chi connectivity index (χ2v) is 5.18. The van der Waals surface area contributed by atoms with Crippen LogP contribution < -0.4 is 4.90 Å². The third-order valence-electron chi connectivity index (χ3n) is 2.83. The van der Waals surface area contributed by atoms with Crippen molar-refractivity contribution in [1.29, 1.82) is 0 Å². The zero-order chi connectivity index (χ0) is 11.5. The molecule has 1 fully saturated rings. The third kappa shape index (κ3) is 2.45. The molecule has 16 heavy (non-hydrogen) atoms. The van der Waals surface area contributed by atoms with Gasteiger partial charge < -0.3 is 4.90 Å². The van der Waals surface area contributed by atoms with E-state index in [0.717, 1.165) is 35.2 Å². The van der Waals surface area contributed by atoms with Crippen molar-refractivity contribution in [3.63, 3.8) is 0 Å². The molecule has 0 unspecified atom stereocenters. The Kier molecular flexibility index (Phi) is 3.63. The number of anilines is 1. The van der Waals surface area contributed by atoms with Gasteiger partial charge in [-0.2, -0.15) is 0 Å². The van der Waals surface area contributed by atoms with Gasteiger partial charge in [0.2, 0.25) is 0 Å². The number of halogens is 1. The summed E-state index contributed by atoms with van der Waals surface area (Å²) >= 11 is 2.10. The van der Waals surface area contributed by atoms with Crippen LogP contribution in [0.2, 0.25) is 0 Å². The molecule has 0 amide bonds. The topological polar surface area (TPSA) is 46.4 Å². The van der Waals surface area contributed by atoms with Crippen molar-refractivity contribution in [3.05, 3.63) is 31.9 Å². The fourth-order valence-electron chi connectivity index (χ4n) is 2.05. The molecule has 1 aromatic carbocycles. The Hall–Kier alpha value is -0.850. The van der Waals surface area contributed by atoms with Crippen LogP contribution in [-0.4, -0.2) is 18.0 Å². The van der Waals surface area contributed by atoms with Gasteiger partial charge in [0.15, 0.2) is 0 Å². The van der Waals surface area contributed by atoms with E-state index in [1.807, 2.05) is 12.1 Å². The molecule has 1 aliphatic heterocycles. The molecule has 86 valence electrons. The molecule has 2 rings (SSSR count). The second kappa shape index (κ2) is 4.99. The van der Waals surface area contributed by atoms with Crippen LogP contribution in [0.1, 0.15) is 19.3 Å².